The van der Waals surface area contributed by atoms with Crippen molar-refractivity contribution < 1.29 is 14.1 Å². The summed E-state index contributed by atoms with van der Waals surface area (Å²) < 4.78 is 11.1. The number of hydrogen-bond acceptors (Lipinski definition) is 5. The highest BCUT2D eigenvalue weighted by Crippen LogP contribution is 2.33. The molecule has 0 bridgehead atoms. The second kappa shape index (κ2) is 7.38. The number of aryl methyl sites for hydroxylation is 2. The molecule has 2 aromatic carbocycles. The summed E-state index contributed by atoms with van der Waals surface area (Å²) in [5.41, 5.74) is 4.39. The summed E-state index contributed by atoms with van der Waals surface area (Å²) >= 11 is 0. The number of nitrogens with one attached hydrogen (secondary N) is 1. The van der Waals surface area contributed by atoms with Crippen molar-refractivity contribution >= 4 is 11.6 Å². The Bertz CT molecular complexity index is 975. The molecule has 144 valence electrons. The van der Waals surface area contributed by atoms with Gasteiger partial charge < -0.3 is 19.5 Å². The maximum Gasteiger partial charge on any atom is 0.257 e. The first-order valence-corrected chi connectivity index (χ1v) is 9.39. The minimum Gasteiger partial charge on any atom is -0.489 e. The number of rotatable bonds is 5. The van der Waals surface area contributed by atoms with Gasteiger partial charge in [0.15, 0.2) is 0 Å². The van der Waals surface area contributed by atoms with Crippen molar-refractivity contribution in [2.75, 3.05) is 11.9 Å². The van der Waals surface area contributed by atoms with E-state index in [-0.39, 0.29) is 12.1 Å². The summed E-state index contributed by atoms with van der Waals surface area (Å²) in [6.45, 7) is 6.80. The van der Waals surface area contributed by atoms with Gasteiger partial charge in [0.05, 0.1) is 16.8 Å². The third-order valence-corrected chi connectivity index (χ3v) is 5.12. The largest absolute Gasteiger partial charge is 0.489 e. The van der Waals surface area contributed by atoms with Gasteiger partial charge in [-0.15, -0.1) is 0 Å². The number of amides is 1. The zero-order valence-corrected chi connectivity index (χ0v) is 16.2. The van der Waals surface area contributed by atoms with E-state index >= 15 is 0 Å². The van der Waals surface area contributed by atoms with Gasteiger partial charge in [-0.3, -0.25) is 4.79 Å². The van der Waals surface area contributed by atoms with Crippen molar-refractivity contribution in [1.82, 2.24) is 10.1 Å². The highest BCUT2D eigenvalue weighted by molar-refractivity contribution is 6.01. The van der Waals surface area contributed by atoms with Gasteiger partial charge in [0.1, 0.15) is 24.3 Å². The van der Waals surface area contributed by atoms with E-state index in [1.54, 1.807) is 0 Å². The van der Waals surface area contributed by atoms with Crippen LogP contribution < -0.4 is 10.1 Å². The van der Waals surface area contributed by atoms with Crippen LogP contribution in [0.25, 0.3) is 0 Å². The fraction of sp³-hybridized carbons (Fsp3) is 0.273. The minimum atomic E-state index is -0.205. The first-order valence-electron chi connectivity index (χ1n) is 9.39. The summed E-state index contributed by atoms with van der Waals surface area (Å²) in [5, 5.41) is 7.42. The number of aromatic nitrogens is 1. The van der Waals surface area contributed by atoms with E-state index in [9.17, 15) is 4.79 Å². The maximum atomic E-state index is 12.8. The summed E-state index contributed by atoms with van der Waals surface area (Å²) in [6.07, 6.45) is -0.205. The smallest absolute Gasteiger partial charge is 0.257 e. The highest BCUT2D eigenvalue weighted by Gasteiger charge is 2.31. The number of fused-ring (bicyclic) bond motifs is 1. The van der Waals surface area contributed by atoms with Gasteiger partial charge in [-0.1, -0.05) is 29.4 Å². The summed E-state index contributed by atoms with van der Waals surface area (Å²) in [4.78, 5) is 14.7. The number of carbonyl (C=O) groups is 1. The van der Waals surface area contributed by atoms with Crippen LogP contribution in [0, 0.1) is 13.8 Å². The van der Waals surface area contributed by atoms with E-state index in [0.717, 1.165) is 34.0 Å². The molecule has 1 amide bonds. The van der Waals surface area contributed by atoms with Crippen LogP contribution in [0.4, 0.5) is 5.69 Å². The molecule has 2 heterocycles. The van der Waals surface area contributed by atoms with Crippen LogP contribution in [0.5, 0.6) is 5.75 Å². The quantitative estimate of drug-likeness (QED) is 0.711. The number of benzene rings is 2. The maximum absolute atomic E-state index is 12.8. The van der Waals surface area contributed by atoms with Crippen LogP contribution >= 0.6 is 0 Å². The van der Waals surface area contributed by atoms with Crippen LogP contribution in [0.15, 0.2) is 53.1 Å². The average molecular weight is 377 g/mol. The molecule has 6 nitrogen and oxygen atoms in total. The molecule has 1 N–H and O–H groups in total. The van der Waals surface area contributed by atoms with Crippen molar-refractivity contribution in [3.63, 3.8) is 0 Å². The molecule has 0 unspecified atom stereocenters. The summed E-state index contributed by atoms with van der Waals surface area (Å²) in [5.74, 6) is 1.58. The third kappa shape index (κ3) is 3.22. The highest BCUT2D eigenvalue weighted by atomic mass is 16.5. The molecule has 0 saturated heterocycles. The molecule has 0 aliphatic carbocycles. The molecule has 3 aromatic rings. The lowest BCUT2D eigenvalue weighted by molar-refractivity contribution is 0.0695. The second-order valence-corrected chi connectivity index (χ2v) is 6.84. The number of para-hydroxylation sites is 1. The van der Waals surface area contributed by atoms with Crippen molar-refractivity contribution in [2.45, 2.75) is 33.5 Å². The van der Waals surface area contributed by atoms with E-state index in [0.29, 0.717) is 18.7 Å². The molecule has 4 rings (SSSR count). The molecule has 1 aliphatic rings. The normalized spacial score (nSPS) is 15.9. The number of hydrogen-bond donors (Lipinski definition) is 1. The number of carbonyl (C=O) groups excluding carboxylic acids is 1. The number of nitrogens with zero attached hydrogens (tertiary/aromatic N) is 2. The lowest BCUT2D eigenvalue weighted by Crippen LogP contribution is -2.42. The van der Waals surface area contributed by atoms with Crippen LogP contribution in [0.1, 0.15) is 46.0 Å². The van der Waals surface area contributed by atoms with Crippen LogP contribution in [-0.4, -0.2) is 22.5 Å². The van der Waals surface area contributed by atoms with Crippen LogP contribution in [-0.2, 0) is 6.61 Å². The molecule has 6 heteroatoms. The van der Waals surface area contributed by atoms with Gasteiger partial charge in [0, 0.05) is 12.2 Å². The Kier molecular flexibility index (Phi) is 4.77. The predicted octanol–water partition coefficient (Wildman–Crippen LogP) is 4.46. The van der Waals surface area contributed by atoms with Crippen LogP contribution in [0.3, 0.4) is 0 Å². The Morgan fingerprint density at radius 2 is 1.89 bits per heavy atom. The SMILES string of the molecule is CCN1C(=O)c2ccccc2N[C@H]1c1ccc(OCc2c(C)noc2C)cc1. The molecular weight excluding hydrogens is 354 g/mol. The fourth-order valence-corrected chi connectivity index (χ4v) is 3.49. The molecule has 0 spiro atoms. The molecular formula is C22H23N3O3. The zero-order chi connectivity index (χ0) is 19.7. The third-order valence-electron chi connectivity index (χ3n) is 5.12. The van der Waals surface area contributed by atoms with Crippen molar-refractivity contribution in [1.29, 1.82) is 0 Å². The lowest BCUT2D eigenvalue weighted by Gasteiger charge is -2.37. The first kappa shape index (κ1) is 18.1. The summed E-state index contributed by atoms with van der Waals surface area (Å²) in [6, 6.07) is 15.4. The van der Waals surface area contributed by atoms with E-state index < -0.39 is 0 Å². The van der Waals surface area contributed by atoms with Crippen molar-refractivity contribution in [3.05, 3.63) is 76.7 Å². The Balaban J connectivity index is 1.52. The van der Waals surface area contributed by atoms with E-state index in [1.807, 2.05) is 74.2 Å². The van der Waals surface area contributed by atoms with Gasteiger partial charge in [-0.2, -0.15) is 0 Å². The zero-order valence-electron chi connectivity index (χ0n) is 16.2. The molecule has 1 aliphatic heterocycles. The summed E-state index contributed by atoms with van der Waals surface area (Å²) in [7, 11) is 0. The molecule has 28 heavy (non-hydrogen) atoms. The van der Waals surface area contributed by atoms with E-state index in [4.69, 9.17) is 9.26 Å². The standard InChI is InChI=1S/C22H23N3O3/c1-4-25-21(23-20-8-6-5-7-18(20)22(25)26)16-9-11-17(12-10-16)27-13-19-14(2)24-28-15(19)3/h5-12,21,23H,4,13H2,1-3H3/t21-/m1/s1. The van der Waals surface area contributed by atoms with Gasteiger partial charge in [-0.05, 0) is 50.6 Å². The first-order chi connectivity index (χ1) is 13.6. The Labute approximate surface area is 164 Å². The van der Waals surface area contributed by atoms with Gasteiger partial charge in [0.2, 0.25) is 0 Å². The Morgan fingerprint density at radius 3 is 2.57 bits per heavy atom. The number of anilines is 1. The van der Waals surface area contributed by atoms with E-state index in [2.05, 4.69) is 10.5 Å². The van der Waals surface area contributed by atoms with Crippen molar-refractivity contribution in [3.8, 4) is 5.75 Å². The van der Waals surface area contributed by atoms with Gasteiger partial charge in [-0.25, -0.2) is 0 Å². The molecule has 0 fully saturated rings. The fourth-order valence-electron chi connectivity index (χ4n) is 3.49. The minimum absolute atomic E-state index is 0.0422. The monoisotopic (exact) mass is 377 g/mol. The van der Waals surface area contributed by atoms with Crippen LogP contribution in [0.2, 0.25) is 0 Å². The molecule has 1 atom stereocenters. The molecule has 0 radical (unpaired) electrons. The van der Waals surface area contributed by atoms with Gasteiger partial charge >= 0.3 is 0 Å². The molecule has 1 aromatic heterocycles. The topological polar surface area (TPSA) is 67.6 Å². The number of ether oxygens (including phenoxy) is 1. The Morgan fingerprint density at radius 1 is 1.14 bits per heavy atom. The average Bonchev–Trinajstić information content (AvgIpc) is 3.04. The molecule has 0 saturated carbocycles. The van der Waals surface area contributed by atoms with Gasteiger partial charge in [0.25, 0.3) is 5.91 Å². The predicted molar refractivity (Wildman–Crippen MR) is 106 cm³/mol. The van der Waals surface area contributed by atoms with E-state index in [1.165, 1.54) is 0 Å². The second-order valence-electron chi connectivity index (χ2n) is 6.84. The lowest BCUT2D eigenvalue weighted by atomic mass is 10.0. The Hall–Kier alpha value is -3.28. The van der Waals surface area contributed by atoms with Crippen molar-refractivity contribution in [2.24, 2.45) is 0 Å².